The van der Waals surface area contributed by atoms with E-state index in [1.165, 1.54) is 32.8 Å². The Labute approximate surface area is 191 Å². The molecule has 0 amide bonds. The Morgan fingerprint density at radius 2 is 1.60 bits per heavy atom. The molecule has 0 saturated carbocycles. The van der Waals surface area contributed by atoms with Gasteiger partial charge in [-0.1, -0.05) is 69.1 Å². The number of halogens is 2. The fraction of sp³-hybridized carbons (Fsp3) is 0.160. The second-order valence-corrected chi connectivity index (χ2v) is 9.85. The number of imidazole rings is 1. The van der Waals surface area contributed by atoms with E-state index in [0.29, 0.717) is 0 Å². The van der Waals surface area contributed by atoms with Crippen LogP contribution in [0.1, 0.15) is 24.7 Å². The van der Waals surface area contributed by atoms with Crippen LogP contribution in [0.15, 0.2) is 69.6 Å². The van der Waals surface area contributed by atoms with E-state index in [1.54, 1.807) is 0 Å². The highest BCUT2D eigenvalue weighted by Gasteiger charge is 2.41. The molecule has 6 rings (SSSR count). The van der Waals surface area contributed by atoms with Gasteiger partial charge in [-0.15, -0.1) is 0 Å². The van der Waals surface area contributed by atoms with Crippen molar-refractivity contribution in [3.8, 4) is 0 Å². The van der Waals surface area contributed by atoms with Crippen molar-refractivity contribution in [1.29, 1.82) is 0 Å². The zero-order chi connectivity index (χ0) is 20.5. The van der Waals surface area contributed by atoms with Gasteiger partial charge in [0.05, 0.1) is 16.4 Å². The number of fused-ring (bicyclic) bond motifs is 7. The molecule has 1 unspecified atom stereocenters. The van der Waals surface area contributed by atoms with Gasteiger partial charge in [-0.05, 0) is 53.1 Å². The molecule has 1 atom stereocenters. The van der Waals surface area contributed by atoms with Crippen molar-refractivity contribution in [3.63, 3.8) is 0 Å². The first kappa shape index (κ1) is 18.4. The van der Waals surface area contributed by atoms with Crippen molar-refractivity contribution in [1.82, 2.24) is 9.97 Å². The predicted molar refractivity (Wildman–Crippen MR) is 133 cm³/mol. The van der Waals surface area contributed by atoms with Crippen molar-refractivity contribution in [2.75, 3.05) is 11.9 Å². The van der Waals surface area contributed by atoms with Crippen LogP contribution in [0.4, 0.5) is 5.69 Å². The molecule has 5 aromatic rings. The third kappa shape index (κ3) is 2.45. The Bertz CT molecular complexity index is 1390. The van der Waals surface area contributed by atoms with E-state index >= 15 is 0 Å². The first-order valence-corrected chi connectivity index (χ1v) is 11.7. The van der Waals surface area contributed by atoms with Crippen molar-refractivity contribution in [3.05, 3.63) is 81.0 Å². The highest BCUT2D eigenvalue weighted by molar-refractivity contribution is 9.10. The maximum atomic E-state index is 5.25. The number of hydrogen-bond acceptors (Lipinski definition) is 2. The molecule has 1 aliphatic heterocycles. The number of rotatable bonds is 2. The predicted octanol–water partition coefficient (Wildman–Crippen LogP) is 7.52. The molecule has 0 spiro atoms. The Hall–Kier alpha value is -2.37. The molecule has 0 saturated heterocycles. The standard InChI is InChI=1S/C25H19Br2N3/c1-2-25(13-28-21-6-4-3-5-20(21)25)24-29-22-18-11-14(26)7-9-16(18)17-10-8-15(27)12-19(17)23(22)30-24/h3-12,28H,2,13H2,1H3,(H,29,30). The lowest BCUT2D eigenvalue weighted by atomic mass is 9.79. The fourth-order valence-electron chi connectivity index (χ4n) is 4.99. The molecule has 2 heterocycles. The van der Waals surface area contributed by atoms with Crippen LogP contribution in [0.3, 0.4) is 0 Å². The van der Waals surface area contributed by atoms with E-state index in [-0.39, 0.29) is 5.41 Å². The molecular weight excluding hydrogens is 502 g/mol. The van der Waals surface area contributed by atoms with Gasteiger partial charge in [-0.25, -0.2) is 4.98 Å². The van der Waals surface area contributed by atoms with Crippen molar-refractivity contribution < 1.29 is 0 Å². The lowest BCUT2D eigenvalue weighted by Crippen LogP contribution is -2.30. The summed E-state index contributed by atoms with van der Waals surface area (Å²) in [6, 6.07) is 21.6. The van der Waals surface area contributed by atoms with Gasteiger partial charge in [0.2, 0.25) is 0 Å². The van der Waals surface area contributed by atoms with Crippen LogP contribution < -0.4 is 5.32 Å². The Kier molecular flexibility index (Phi) is 4.03. The maximum Gasteiger partial charge on any atom is 0.119 e. The maximum absolute atomic E-state index is 5.25. The smallest absolute Gasteiger partial charge is 0.119 e. The van der Waals surface area contributed by atoms with Crippen LogP contribution in [0.2, 0.25) is 0 Å². The average molecular weight is 521 g/mol. The molecule has 148 valence electrons. The summed E-state index contributed by atoms with van der Waals surface area (Å²) in [4.78, 5) is 9.02. The lowest BCUT2D eigenvalue weighted by Gasteiger charge is -2.25. The van der Waals surface area contributed by atoms with Crippen LogP contribution in [0.25, 0.3) is 32.6 Å². The van der Waals surface area contributed by atoms with Gasteiger partial charge in [0.1, 0.15) is 5.82 Å². The molecule has 30 heavy (non-hydrogen) atoms. The van der Waals surface area contributed by atoms with Gasteiger partial charge in [0.25, 0.3) is 0 Å². The number of anilines is 1. The van der Waals surface area contributed by atoms with Crippen LogP contribution in [-0.4, -0.2) is 16.5 Å². The number of aromatic amines is 1. The summed E-state index contributed by atoms with van der Waals surface area (Å²) in [6.45, 7) is 3.10. The summed E-state index contributed by atoms with van der Waals surface area (Å²) in [5.41, 5.74) is 4.50. The highest BCUT2D eigenvalue weighted by atomic mass is 79.9. The summed E-state index contributed by atoms with van der Waals surface area (Å²) < 4.78 is 2.14. The van der Waals surface area contributed by atoms with Gasteiger partial charge in [0, 0.05) is 32.0 Å². The van der Waals surface area contributed by atoms with Crippen LogP contribution in [-0.2, 0) is 5.41 Å². The zero-order valence-electron chi connectivity index (χ0n) is 16.4. The summed E-state index contributed by atoms with van der Waals surface area (Å²) in [7, 11) is 0. The third-order valence-corrected chi connectivity index (χ3v) is 7.55. The molecule has 2 N–H and O–H groups in total. The molecule has 5 heteroatoms. The molecule has 1 aromatic heterocycles. The topological polar surface area (TPSA) is 40.7 Å². The number of benzene rings is 4. The summed E-state index contributed by atoms with van der Waals surface area (Å²) in [5, 5.41) is 8.42. The van der Waals surface area contributed by atoms with Gasteiger partial charge in [-0.2, -0.15) is 0 Å². The van der Waals surface area contributed by atoms with Gasteiger partial charge in [-0.3, -0.25) is 0 Å². The van der Waals surface area contributed by atoms with Crippen molar-refractivity contribution >= 4 is 70.1 Å². The molecule has 4 aromatic carbocycles. The largest absolute Gasteiger partial charge is 0.383 e. The van der Waals surface area contributed by atoms with E-state index in [9.17, 15) is 0 Å². The Morgan fingerprint density at radius 3 is 2.37 bits per heavy atom. The first-order chi connectivity index (χ1) is 14.6. The minimum atomic E-state index is -0.160. The molecule has 3 nitrogen and oxygen atoms in total. The number of nitrogens with zero attached hydrogens (tertiary/aromatic N) is 1. The van der Waals surface area contributed by atoms with Gasteiger partial charge < -0.3 is 10.3 Å². The van der Waals surface area contributed by atoms with Gasteiger partial charge >= 0.3 is 0 Å². The highest BCUT2D eigenvalue weighted by Crippen LogP contribution is 2.45. The molecule has 1 aliphatic rings. The van der Waals surface area contributed by atoms with E-state index in [2.05, 4.69) is 110 Å². The lowest BCUT2D eigenvalue weighted by molar-refractivity contribution is 0.518. The minimum Gasteiger partial charge on any atom is -0.383 e. The first-order valence-electron chi connectivity index (χ1n) is 10.1. The van der Waals surface area contributed by atoms with E-state index in [4.69, 9.17) is 4.98 Å². The van der Waals surface area contributed by atoms with E-state index in [1.807, 2.05) is 0 Å². The average Bonchev–Trinajstić information content (AvgIpc) is 3.37. The van der Waals surface area contributed by atoms with Gasteiger partial charge in [0.15, 0.2) is 0 Å². The monoisotopic (exact) mass is 519 g/mol. The molecule has 0 radical (unpaired) electrons. The summed E-state index contributed by atoms with van der Waals surface area (Å²) >= 11 is 7.32. The van der Waals surface area contributed by atoms with Crippen molar-refractivity contribution in [2.45, 2.75) is 18.8 Å². The van der Waals surface area contributed by atoms with Crippen LogP contribution in [0, 0.1) is 0 Å². The van der Waals surface area contributed by atoms with E-state index < -0.39 is 0 Å². The fourth-order valence-corrected chi connectivity index (χ4v) is 5.71. The normalized spacial score (nSPS) is 18.2. The molecular formula is C25H19Br2N3. The molecule has 0 fully saturated rings. The number of H-pyrrole nitrogens is 1. The number of para-hydroxylation sites is 1. The second kappa shape index (κ2) is 6.56. The van der Waals surface area contributed by atoms with Crippen molar-refractivity contribution in [2.24, 2.45) is 0 Å². The number of hydrogen-bond donors (Lipinski definition) is 2. The Balaban J connectivity index is 1.75. The summed E-state index contributed by atoms with van der Waals surface area (Å²) in [6.07, 6.45) is 0.972. The van der Waals surface area contributed by atoms with Crippen LogP contribution in [0.5, 0.6) is 0 Å². The quantitative estimate of drug-likeness (QED) is 0.236. The minimum absolute atomic E-state index is 0.160. The summed E-state index contributed by atoms with van der Waals surface area (Å²) in [5.74, 6) is 1.03. The number of nitrogens with one attached hydrogen (secondary N) is 2. The molecule has 0 bridgehead atoms. The SMILES string of the molecule is CCC1(c2nc3c4cc(Br)ccc4c4ccc(Br)cc4c3[nH]2)CNc2ccccc21. The third-order valence-electron chi connectivity index (χ3n) is 6.56. The number of aromatic nitrogens is 2. The van der Waals surface area contributed by atoms with E-state index in [0.717, 1.165) is 38.8 Å². The second-order valence-electron chi connectivity index (χ2n) is 8.02. The zero-order valence-corrected chi connectivity index (χ0v) is 19.6. The molecule has 0 aliphatic carbocycles. The van der Waals surface area contributed by atoms with Crippen LogP contribution >= 0.6 is 31.9 Å². The Morgan fingerprint density at radius 1 is 0.900 bits per heavy atom.